The van der Waals surface area contributed by atoms with Crippen molar-refractivity contribution in [2.75, 3.05) is 14.1 Å². The van der Waals surface area contributed by atoms with Gasteiger partial charge in [0, 0.05) is 19.3 Å². The van der Waals surface area contributed by atoms with Crippen LogP contribution in [-0.2, 0) is 9.53 Å². The van der Waals surface area contributed by atoms with Crippen LogP contribution < -0.4 is 0 Å². The first-order chi connectivity index (χ1) is 9.50. The number of esters is 1. The quantitative estimate of drug-likeness (QED) is 0.550. The fourth-order valence-corrected chi connectivity index (χ4v) is 4.40. The van der Waals surface area contributed by atoms with E-state index in [2.05, 4.69) is 27.9 Å². The Morgan fingerprint density at radius 1 is 1.10 bits per heavy atom. The second-order valence-electron chi connectivity index (χ2n) is 7.25. The zero-order chi connectivity index (χ0) is 14.8. The molecule has 0 aromatic heterocycles. The molecule has 2 heterocycles. The van der Waals surface area contributed by atoms with Gasteiger partial charge in [0.1, 0.15) is 6.04 Å². The maximum atomic E-state index is 12.4. The highest BCUT2D eigenvalue weighted by Gasteiger charge is 2.52. The van der Waals surface area contributed by atoms with Gasteiger partial charge < -0.3 is 9.22 Å². The molecular weight excluding hydrogens is 250 g/mol. The number of hydrogen-bond donors (Lipinski definition) is 0. The molecule has 0 aromatic carbocycles. The van der Waals surface area contributed by atoms with Gasteiger partial charge in [0.2, 0.25) is 0 Å². The topological polar surface area (TPSA) is 26.3 Å². The summed E-state index contributed by atoms with van der Waals surface area (Å²) < 4.78 is 7.03. The van der Waals surface area contributed by atoms with Crippen LogP contribution in [0.1, 0.15) is 65.2 Å². The molecule has 2 aliphatic rings. The van der Waals surface area contributed by atoms with E-state index in [1.54, 1.807) is 0 Å². The third-order valence-electron chi connectivity index (χ3n) is 5.68. The Kier molecular flexibility index (Phi) is 5.11. The van der Waals surface area contributed by atoms with Crippen LogP contribution in [0.2, 0.25) is 0 Å². The summed E-state index contributed by atoms with van der Waals surface area (Å²) in [7, 11) is 4.63. The van der Waals surface area contributed by atoms with E-state index in [4.69, 9.17) is 4.74 Å². The van der Waals surface area contributed by atoms with Gasteiger partial charge in [-0.2, -0.15) is 0 Å². The Labute approximate surface area is 124 Å². The van der Waals surface area contributed by atoms with Crippen LogP contribution in [0.15, 0.2) is 0 Å². The Bertz CT molecular complexity index is 334. The summed E-state index contributed by atoms with van der Waals surface area (Å²) in [4.78, 5) is 12.4. The molecule has 2 aliphatic heterocycles. The Hall–Kier alpha value is -0.570. The first-order valence-electron chi connectivity index (χ1n) is 8.54. The number of hydrogen-bond acceptors (Lipinski definition) is 2. The molecule has 116 valence electrons. The largest absolute Gasteiger partial charge is 0.456 e. The molecule has 0 saturated carbocycles. The van der Waals surface area contributed by atoms with Crippen molar-refractivity contribution in [3.05, 3.63) is 0 Å². The molecule has 2 rings (SSSR count). The minimum atomic E-state index is 0.0732. The number of carbonyl (C=O) groups is 1. The molecule has 3 atom stereocenters. The van der Waals surface area contributed by atoms with Crippen LogP contribution in [0.4, 0.5) is 0 Å². The SMILES string of the molecule is CCCC(CCC)C(=O)OC1CCC2CCC1[N+]2(C)C. The van der Waals surface area contributed by atoms with Crippen molar-refractivity contribution in [2.45, 2.75) is 83.4 Å². The minimum absolute atomic E-state index is 0.0732. The van der Waals surface area contributed by atoms with Crippen LogP contribution in [0.25, 0.3) is 0 Å². The van der Waals surface area contributed by atoms with Crippen molar-refractivity contribution in [2.24, 2.45) is 5.92 Å². The van der Waals surface area contributed by atoms with E-state index in [1.807, 2.05) is 0 Å². The smallest absolute Gasteiger partial charge is 0.309 e. The van der Waals surface area contributed by atoms with Gasteiger partial charge in [0.05, 0.1) is 26.1 Å². The minimum Gasteiger partial charge on any atom is -0.456 e. The normalized spacial score (nSPS) is 31.6. The lowest BCUT2D eigenvalue weighted by Gasteiger charge is -2.44. The molecule has 3 heteroatoms. The maximum Gasteiger partial charge on any atom is 0.309 e. The van der Waals surface area contributed by atoms with Crippen molar-refractivity contribution in [1.29, 1.82) is 0 Å². The van der Waals surface area contributed by atoms with Crippen molar-refractivity contribution >= 4 is 5.97 Å². The fraction of sp³-hybridized carbons (Fsp3) is 0.941. The number of rotatable bonds is 6. The molecule has 0 amide bonds. The van der Waals surface area contributed by atoms with E-state index in [0.29, 0.717) is 6.04 Å². The average Bonchev–Trinajstić information content (AvgIpc) is 2.58. The molecule has 0 radical (unpaired) electrons. The lowest BCUT2D eigenvalue weighted by atomic mass is 9.96. The number of likely N-dealkylation sites (N-methyl/N-ethyl adjacent to an activating group) is 1. The molecule has 3 nitrogen and oxygen atoms in total. The van der Waals surface area contributed by atoms with E-state index in [-0.39, 0.29) is 18.0 Å². The zero-order valence-electron chi connectivity index (χ0n) is 13.7. The van der Waals surface area contributed by atoms with E-state index < -0.39 is 0 Å². The summed E-state index contributed by atoms with van der Waals surface area (Å²) in [6, 6.07) is 1.32. The van der Waals surface area contributed by atoms with Crippen LogP contribution in [0.5, 0.6) is 0 Å². The van der Waals surface area contributed by atoms with E-state index in [9.17, 15) is 4.79 Å². The van der Waals surface area contributed by atoms with Crippen LogP contribution in [0, 0.1) is 5.92 Å². The number of fused-ring (bicyclic) bond motifs is 2. The number of piperidine rings is 1. The van der Waals surface area contributed by atoms with Crippen molar-refractivity contribution in [3.63, 3.8) is 0 Å². The predicted molar refractivity (Wildman–Crippen MR) is 81.3 cm³/mol. The van der Waals surface area contributed by atoms with Crippen LogP contribution in [-0.4, -0.2) is 42.7 Å². The number of quaternary nitrogens is 1. The molecule has 0 spiro atoms. The average molecular weight is 282 g/mol. The number of carbonyl (C=O) groups excluding carboxylic acids is 1. The highest BCUT2D eigenvalue weighted by molar-refractivity contribution is 5.72. The third-order valence-corrected chi connectivity index (χ3v) is 5.68. The molecule has 0 N–H and O–H groups in total. The second-order valence-corrected chi connectivity index (χ2v) is 7.25. The van der Waals surface area contributed by atoms with Gasteiger partial charge in [-0.3, -0.25) is 4.79 Å². The molecule has 2 bridgehead atoms. The molecular formula is C17H32NO2+. The van der Waals surface area contributed by atoms with E-state index >= 15 is 0 Å². The van der Waals surface area contributed by atoms with Crippen molar-refractivity contribution in [1.82, 2.24) is 0 Å². The summed E-state index contributed by atoms with van der Waals surface area (Å²) in [5.41, 5.74) is 0. The first kappa shape index (κ1) is 15.8. The molecule has 2 fully saturated rings. The summed E-state index contributed by atoms with van der Waals surface area (Å²) in [5, 5.41) is 0. The van der Waals surface area contributed by atoms with Crippen molar-refractivity contribution in [3.8, 4) is 0 Å². The number of nitrogens with zero attached hydrogens (tertiary/aromatic N) is 1. The van der Waals surface area contributed by atoms with Gasteiger partial charge in [0.15, 0.2) is 6.10 Å². The van der Waals surface area contributed by atoms with Gasteiger partial charge in [-0.1, -0.05) is 26.7 Å². The summed E-state index contributed by atoms with van der Waals surface area (Å²) in [5.74, 6) is 0.198. The van der Waals surface area contributed by atoms with Gasteiger partial charge in [-0.05, 0) is 19.3 Å². The lowest BCUT2D eigenvalue weighted by Crippen LogP contribution is -2.59. The standard InChI is InChI=1S/C17H32NO2/c1-5-7-13(8-6-2)17(19)20-16-12-10-14-9-11-15(16)18(14,3)4/h13-16H,5-12H2,1-4H3/q+1. The third kappa shape index (κ3) is 3.03. The highest BCUT2D eigenvalue weighted by Crippen LogP contribution is 2.41. The summed E-state index contributed by atoms with van der Waals surface area (Å²) in [6.07, 6.45) is 9.07. The molecule has 2 saturated heterocycles. The zero-order valence-corrected chi connectivity index (χ0v) is 13.7. The summed E-state index contributed by atoms with van der Waals surface area (Å²) >= 11 is 0. The monoisotopic (exact) mass is 282 g/mol. The Morgan fingerprint density at radius 3 is 2.30 bits per heavy atom. The fourth-order valence-electron chi connectivity index (χ4n) is 4.40. The predicted octanol–water partition coefficient (Wildman–Crippen LogP) is 3.52. The molecule has 0 aliphatic carbocycles. The molecule has 0 aromatic rings. The van der Waals surface area contributed by atoms with Crippen molar-refractivity contribution < 1.29 is 14.0 Å². The first-order valence-corrected chi connectivity index (χ1v) is 8.54. The molecule has 3 unspecified atom stereocenters. The molecule has 20 heavy (non-hydrogen) atoms. The Balaban J connectivity index is 1.97. The highest BCUT2D eigenvalue weighted by atomic mass is 16.5. The number of ether oxygens (including phenoxy) is 1. The van der Waals surface area contributed by atoms with E-state index in [1.165, 1.54) is 19.3 Å². The summed E-state index contributed by atoms with van der Waals surface area (Å²) in [6.45, 7) is 4.30. The Morgan fingerprint density at radius 2 is 1.70 bits per heavy atom. The van der Waals surface area contributed by atoms with Gasteiger partial charge >= 0.3 is 5.97 Å². The lowest BCUT2D eigenvalue weighted by molar-refractivity contribution is -0.933. The maximum absolute atomic E-state index is 12.4. The van der Waals surface area contributed by atoms with Gasteiger partial charge in [-0.25, -0.2) is 0 Å². The van der Waals surface area contributed by atoms with Gasteiger partial charge in [-0.15, -0.1) is 0 Å². The van der Waals surface area contributed by atoms with Crippen LogP contribution in [0.3, 0.4) is 0 Å². The van der Waals surface area contributed by atoms with E-state index in [0.717, 1.165) is 42.6 Å². The second kappa shape index (κ2) is 6.46. The van der Waals surface area contributed by atoms with Gasteiger partial charge in [0.25, 0.3) is 0 Å². The van der Waals surface area contributed by atoms with Crippen LogP contribution >= 0.6 is 0 Å².